The van der Waals surface area contributed by atoms with Crippen molar-refractivity contribution < 1.29 is 14.1 Å². The molecule has 1 rings (SSSR count). The van der Waals surface area contributed by atoms with Crippen LogP contribution in [0.5, 0.6) is 0 Å². The van der Waals surface area contributed by atoms with E-state index in [0.717, 1.165) is 0 Å². The summed E-state index contributed by atoms with van der Waals surface area (Å²) in [6, 6.07) is 0. The van der Waals surface area contributed by atoms with Gasteiger partial charge in [-0.2, -0.15) is 0 Å². The van der Waals surface area contributed by atoms with E-state index in [2.05, 4.69) is 14.4 Å². The van der Waals surface area contributed by atoms with Crippen LogP contribution in [0.1, 0.15) is 10.4 Å². The molecule has 0 saturated carbocycles. The monoisotopic (exact) mass is 185 g/mol. The molecule has 0 saturated heterocycles. The smallest absolute Gasteiger partial charge is 0.347 e. The number of aromatic nitrogens is 1. The highest BCUT2D eigenvalue weighted by molar-refractivity contribution is 5.98. The van der Waals surface area contributed by atoms with E-state index in [1.54, 1.807) is 19.0 Å². The van der Waals surface area contributed by atoms with E-state index in [-0.39, 0.29) is 11.4 Å². The van der Waals surface area contributed by atoms with Gasteiger partial charge in [0.05, 0.1) is 7.11 Å². The van der Waals surface area contributed by atoms with Gasteiger partial charge in [-0.1, -0.05) is 5.16 Å². The first-order chi connectivity index (χ1) is 6.07. The number of nitrogens with zero attached hydrogens (tertiary/aromatic N) is 2. The predicted octanol–water partition coefficient (Wildman–Crippen LogP) is 0.109. The van der Waals surface area contributed by atoms with Gasteiger partial charge in [0.15, 0.2) is 11.4 Å². The van der Waals surface area contributed by atoms with Crippen molar-refractivity contribution in [2.45, 2.75) is 0 Å². The quantitative estimate of drug-likeness (QED) is 0.658. The van der Waals surface area contributed by atoms with Crippen LogP contribution in [-0.2, 0) is 4.74 Å². The van der Waals surface area contributed by atoms with E-state index in [4.69, 9.17) is 5.73 Å². The lowest BCUT2D eigenvalue weighted by Gasteiger charge is -2.08. The fraction of sp³-hybridized carbons (Fsp3) is 0.429. The second kappa shape index (κ2) is 3.34. The zero-order valence-electron chi connectivity index (χ0n) is 7.70. The maximum absolute atomic E-state index is 11.2. The van der Waals surface area contributed by atoms with Gasteiger partial charge >= 0.3 is 5.97 Å². The molecule has 0 aliphatic heterocycles. The molecule has 0 spiro atoms. The SMILES string of the molecule is COC(=O)c1c(N(C)C)noc1N. The predicted molar refractivity (Wildman–Crippen MR) is 46.6 cm³/mol. The Hall–Kier alpha value is -1.72. The van der Waals surface area contributed by atoms with Crippen molar-refractivity contribution in [2.75, 3.05) is 31.8 Å². The number of hydrogen-bond acceptors (Lipinski definition) is 6. The molecule has 6 nitrogen and oxygen atoms in total. The first-order valence-corrected chi connectivity index (χ1v) is 3.58. The molecular weight excluding hydrogens is 174 g/mol. The van der Waals surface area contributed by atoms with Crippen LogP contribution in [-0.4, -0.2) is 32.3 Å². The number of hydrogen-bond donors (Lipinski definition) is 1. The average molecular weight is 185 g/mol. The number of rotatable bonds is 2. The maximum Gasteiger partial charge on any atom is 0.347 e. The molecule has 0 aliphatic carbocycles. The summed E-state index contributed by atoms with van der Waals surface area (Å²) in [6.07, 6.45) is 0. The molecule has 72 valence electrons. The fourth-order valence-electron chi connectivity index (χ4n) is 0.893. The van der Waals surface area contributed by atoms with Crippen molar-refractivity contribution in [2.24, 2.45) is 0 Å². The normalized spacial score (nSPS) is 9.77. The number of ether oxygens (including phenoxy) is 1. The molecule has 0 radical (unpaired) electrons. The molecule has 2 N–H and O–H groups in total. The van der Waals surface area contributed by atoms with Crippen LogP contribution in [0.2, 0.25) is 0 Å². The molecule has 0 aromatic carbocycles. The summed E-state index contributed by atoms with van der Waals surface area (Å²) in [6.45, 7) is 0. The van der Waals surface area contributed by atoms with Crippen LogP contribution in [0.25, 0.3) is 0 Å². The Balaban J connectivity index is 3.16. The van der Waals surface area contributed by atoms with Crippen LogP contribution in [0.4, 0.5) is 11.7 Å². The van der Waals surface area contributed by atoms with E-state index < -0.39 is 5.97 Å². The molecule has 1 aromatic heterocycles. The lowest BCUT2D eigenvalue weighted by atomic mass is 10.3. The molecule has 1 heterocycles. The van der Waals surface area contributed by atoms with E-state index in [1.807, 2.05) is 0 Å². The molecule has 0 bridgehead atoms. The Labute approximate surface area is 75.2 Å². The highest BCUT2D eigenvalue weighted by atomic mass is 16.5. The third kappa shape index (κ3) is 1.56. The summed E-state index contributed by atoms with van der Waals surface area (Å²) in [5.74, 6) is -0.220. The Morgan fingerprint density at radius 2 is 2.23 bits per heavy atom. The third-order valence-corrected chi connectivity index (χ3v) is 1.51. The standard InChI is InChI=1S/C7H11N3O3/c1-10(2)6-4(7(11)12-3)5(8)13-9-6/h8H2,1-3H3. The lowest BCUT2D eigenvalue weighted by Crippen LogP contribution is -2.14. The number of esters is 1. The minimum atomic E-state index is -0.553. The van der Waals surface area contributed by atoms with Crippen LogP contribution >= 0.6 is 0 Å². The minimum absolute atomic E-state index is 0.0319. The van der Waals surface area contributed by atoms with Crippen molar-refractivity contribution >= 4 is 17.7 Å². The first kappa shape index (κ1) is 9.37. The molecule has 6 heteroatoms. The Morgan fingerprint density at radius 3 is 2.69 bits per heavy atom. The Bertz CT molecular complexity index is 319. The number of anilines is 2. The van der Waals surface area contributed by atoms with Crippen molar-refractivity contribution in [3.05, 3.63) is 5.56 Å². The van der Waals surface area contributed by atoms with Crippen molar-refractivity contribution in [3.63, 3.8) is 0 Å². The van der Waals surface area contributed by atoms with Gasteiger partial charge < -0.3 is 19.9 Å². The van der Waals surface area contributed by atoms with Gasteiger partial charge in [0.2, 0.25) is 5.88 Å². The number of nitrogen functional groups attached to an aromatic ring is 1. The highest BCUT2D eigenvalue weighted by Gasteiger charge is 2.22. The van der Waals surface area contributed by atoms with E-state index >= 15 is 0 Å². The van der Waals surface area contributed by atoms with Gasteiger partial charge in [-0.05, 0) is 0 Å². The molecule has 0 fully saturated rings. The zero-order chi connectivity index (χ0) is 10.0. The fourth-order valence-corrected chi connectivity index (χ4v) is 0.893. The molecular formula is C7H11N3O3. The second-order valence-corrected chi connectivity index (χ2v) is 2.63. The molecule has 0 amide bonds. The largest absolute Gasteiger partial charge is 0.465 e. The Kier molecular flexibility index (Phi) is 2.41. The molecule has 13 heavy (non-hydrogen) atoms. The van der Waals surface area contributed by atoms with Gasteiger partial charge in [0.1, 0.15) is 0 Å². The van der Waals surface area contributed by atoms with Gasteiger partial charge in [0, 0.05) is 14.1 Å². The van der Waals surface area contributed by atoms with Crippen molar-refractivity contribution in [3.8, 4) is 0 Å². The highest BCUT2D eigenvalue weighted by Crippen LogP contribution is 2.23. The Morgan fingerprint density at radius 1 is 1.62 bits per heavy atom. The van der Waals surface area contributed by atoms with Crippen LogP contribution in [0.15, 0.2) is 4.52 Å². The summed E-state index contributed by atoms with van der Waals surface area (Å²) in [7, 11) is 4.72. The average Bonchev–Trinajstić information content (AvgIpc) is 2.46. The van der Waals surface area contributed by atoms with Crippen LogP contribution < -0.4 is 10.6 Å². The number of carbonyl (C=O) groups is 1. The minimum Gasteiger partial charge on any atom is -0.465 e. The molecule has 0 unspecified atom stereocenters. The van der Waals surface area contributed by atoms with Gasteiger partial charge in [0.25, 0.3) is 0 Å². The van der Waals surface area contributed by atoms with Gasteiger partial charge in [-0.25, -0.2) is 4.79 Å². The van der Waals surface area contributed by atoms with Crippen LogP contribution in [0.3, 0.4) is 0 Å². The first-order valence-electron chi connectivity index (χ1n) is 3.58. The van der Waals surface area contributed by atoms with Crippen molar-refractivity contribution in [1.82, 2.24) is 5.16 Å². The zero-order valence-corrected chi connectivity index (χ0v) is 7.70. The summed E-state index contributed by atoms with van der Waals surface area (Å²) in [4.78, 5) is 12.8. The summed E-state index contributed by atoms with van der Waals surface area (Å²) >= 11 is 0. The van der Waals surface area contributed by atoms with Crippen LogP contribution in [0, 0.1) is 0 Å². The number of carbonyl (C=O) groups excluding carboxylic acids is 1. The molecule has 0 atom stereocenters. The summed E-state index contributed by atoms with van der Waals surface area (Å²) < 4.78 is 9.19. The molecule has 1 aromatic rings. The van der Waals surface area contributed by atoms with E-state index in [0.29, 0.717) is 5.82 Å². The lowest BCUT2D eigenvalue weighted by molar-refractivity contribution is 0.0602. The molecule has 0 aliphatic rings. The summed E-state index contributed by atoms with van der Waals surface area (Å²) in [5.41, 5.74) is 5.56. The van der Waals surface area contributed by atoms with E-state index in [9.17, 15) is 4.79 Å². The number of methoxy groups -OCH3 is 1. The number of nitrogens with two attached hydrogens (primary N) is 1. The van der Waals surface area contributed by atoms with Gasteiger partial charge in [-0.15, -0.1) is 0 Å². The summed E-state index contributed by atoms with van der Waals surface area (Å²) in [5, 5.41) is 3.61. The van der Waals surface area contributed by atoms with Gasteiger partial charge in [-0.3, -0.25) is 0 Å². The maximum atomic E-state index is 11.2. The third-order valence-electron chi connectivity index (χ3n) is 1.51. The van der Waals surface area contributed by atoms with Crippen molar-refractivity contribution in [1.29, 1.82) is 0 Å². The van der Waals surface area contributed by atoms with E-state index in [1.165, 1.54) is 7.11 Å². The second-order valence-electron chi connectivity index (χ2n) is 2.63. The topological polar surface area (TPSA) is 81.6 Å².